The number of ether oxygens (including phenoxy) is 1. The van der Waals surface area contributed by atoms with E-state index >= 15 is 0 Å². The largest absolute Gasteiger partial charge is 0.466 e. The number of carbonyl (C=O) groups is 2. The third-order valence-corrected chi connectivity index (χ3v) is 2.32. The first-order chi connectivity index (χ1) is 8.95. The van der Waals surface area contributed by atoms with Crippen molar-refractivity contribution >= 4 is 35.1 Å². The number of halogens is 1. The normalized spacial score (nSPS) is 10.0. The van der Waals surface area contributed by atoms with Crippen molar-refractivity contribution in [2.45, 2.75) is 13.3 Å². The average Bonchev–Trinajstić information content (AvgIpc) is 2.34. The number of anilines is 2. The number of nitrogen functional groups attached to an aromatic ring is 2. The van der Waals surface area contributed by atoms with Gasteiger partial charge in [0.15, 0.2) is 22.5 Å². The summed E-state index contributed by atoms with van der Waals surface area (Å²) in [5.41, 5.74) is 10.8. The van der Waals surface area contributed by atoms with E-state index in [0.717, 1.165) is 0 Å². The summed E-state index contributed by atoms with van der Waals surface area (Å²) in [6.07, 6.45) is 0.0512. The second-order valence-corrected chi connectivity index (χ2v) is 3.80. The minimum atomic E-state index is -0.587. The minimum Gasteiger partial charge on any atom is -0.466 e. The van der Waals surface area contributed by atoms with Crippen molar-refractivity contribution in [3.05, 3.63) is 10.8 Å². The van der Waals surface area contributed by atoms with Crippen LogP contribution in [0.2, 0.25) is 5.15 Å². The predicted molar refractivity (Wildman–Crippen MR) is 69.5 cm³/mol. The van der Waals surface area contributed by atoms with Gasteiger partial charge in [0.2, 0.25) is 0 Å². The molecule has 104 valence electrons. The van der Waals surface area contributed by atoms with E-state index in [9.17, 15) is 9.59 Å². The molecule has 0 saturated heterocycles. The fourth-order valence-corrected chi connectivity index (χ4v) is 1.33. The zero-order valence-corrected chi connectivity index (χ0v) is 11.0. The third kappa shape index (κ3) is 4.25. The summed E-state index contributed by atoms with van der Waals surface area (Å²) in [6, 6.07) is 0. The Bertz CT molecular complexity index is 494. The maximum absolute atomic E-state index is 11.7. The van der Waals surface area contributed by atoms with E-state index in [1.54, 1.807) is 6.92 Å². The van der Waals surface area contributed by atoms with Crippen LogP contribution in [0, 0.1) is 0 Å². The number of esters is 1. The van der Waals surface area contributed by atoms with Crippen LogP contribution in [0.4, 0.5) is 11.6 Å². The standard InChI is InChI=1S/C10H14ClN5O3/c1-2-19-5(17)3-4-14-10(18)6-8(12)16-9(13)7(11)15-6/h2-4H2,1H3,(H,14,18)(H4,12,13,16). The Labute approximate surface area is 114 Å². The molecule has 1 aromatic heterocycles. The lowest BCUT2D eigenvalue weighted by atomic mass is 10.3. The molecular weight excluding hydrogens is 274 g/mol. The van der Waals surface area contributed by atoms with E-state index in [1.807, 2.05) is 0 Å². The van der Waals surface area contributed by atoms with E-state index in [1.165, 1.54) is 0 Å². The Hall–Kier alpha value is -2.09. The molecule has 0 spiro atoms. The van der Waals surface area contributed by atoms with E-state index < -0.39 is 11.9 Å². The number of nitrogens with one attached hydrogen (secondary N) is 1. The summed E-state index contributed by atoms with van der Waals surface area (Å²) < 4.78 is 4.71. The molecule has 19 heavy (non-hydrogen) atoms. The van der Waals surface area contributed by atoms with Crippen LogP contribution in [0.15, 0.2) is 0 Å². The van der Waals surface area contributed by atoms with Gasteiger partial charge in [-0.2, -0.15) is 0 Å². The monoisotopic (exact) mass is 287 g/mol. The lowest BCUT2D eigenvalue weighted by molar-refractivity contribution is -0.142. The van der Waals surface area contributed by atoms with E-state index in [4.69, 9.17) is 27.8 Å². The van der Waals surface area contributed by atoms with Crippen LogP contribution in [0.25, 0.3) is 0 Å². The van der Waals surface area contributed by atoms with Crippen molar-refractivity contribution in [1.82, 2.24) is 15.3 Å². The molecule has 0 radical (unpaired) electrons. The molecular formula is C10H14ClN5O3. The van der Waals surface area contributed by atoms with Crippen LogP contribution < -0.4 is 16.8 Å². The number of nitrogens with two attached hydrogens (primary N) is 2. The first kappa shape index (κ1) is 15.0. The average molecular weight is 288 g/mol. The predicted octanol–water partition coefficient (Wildman–Crippen LogP) is -0.0226. The molecule has 1 rings (SSSR count). The molecule has 1 heterocycles. The van der Waals surface area contributed by atoms with Gasteiger partial charge in [0.05, 0.1) is 13.0 Å². The van der Waals surface area contributed by atoms with Crippen LogP contribution in [-0.4, -0.2) is 35.0 Å². The molecule has 9 heteroatoms. The van der Waals surface area contributed by atoms with Crippen LogP contribution >= 0.6 is 11.6 Å². The van der Waals surface area contributed by atoms with Crippen molar-refractivity contribution < 1.29 is 14.3 Å². The first-order valence-corrected chi connectivity index (χ1v) is 5.85. The van der Waals surface area contributed by atoms with Gasteiger partial charge >= 0.3 is 5.97 Å². The van der Waals surface area contributed by atoms with Gasteiger partial charge in [-0.25, -0.2) is 9.97 Å². The number of rotatable bonds is 5. The Morgan fingerprint density at radius 2 is 2.00 bits per heavy atom. The fourth-order valence-electron chi connectivity index (χ4n) is 1.20. The summed E-state index contributed by atoms with van der Waals surface area (Å²) >= 11 is 5.65. The van der Waals surface area contributed by atoms with E-state index in [2.05, 4.69) is 15.3 Å². The Morgan fingerprint density at radius 3 is 2.63 bits per heavy atom. The number of hydrogen-bond donors (Lipinski definition) is 3. The smallest absolute Gasteiger partial charge is 0.307 e. The Balaban J connectivity index is 2.59. The third-order valence-electron chi connectivity index (χ3n) is 2.04. The minimum absolute atomic E-state index is 0.0512. The van der Waals surface area contributed by atoms with Crippen molar-refractivity contribution in [3.63, 3.8) is 0 Å². The second kappa shape index (κ2) is 6.74. The number of nitrogens with zero attached hydrogens (tertiary/aromatic N) is 2. The zero-order chi connectivity index (χ0) is 14.4. The first-order valence-electron chi connectivity index (χ1n) is 5.48. The molecule has 0 bridgehead atoms. The van der Waals surface area contributed by atoms with Crippen LogP contribution in [0.3, 0.4) is 0 Å². The van der Waals surface area contributed by atoms with Gasteiger partial charge in [-0.3, -0.25) is 9.59 Å². The summed E-state index contributed by atoms with van der Waals surface area (Å²) in [5, 5.41) is 2.35. The van der Waals surface area contributed by atoms with Crippen LogP contribution in [0.1, 0.15) is 23.8 Å². The molecule has 1 aromatic rings. The topological polar surface area (TPSA) is 133 Å². The molecule has 0 aliphatic carbocycles. The molecule has 0 aliphatic heterocycles. The highest BCUT2D eigenvalue weighted by Gasteiger charge is 2.15. The van der Waals surface area contributed by atoms with Crippen LogP contribution in [-0.2, 0) is 9.53 Å². The quantitative estimate of drug-likeness (QED) is 0.648. The number of carbonyl (C=O) groups excluding carboxylic acids is 2. The maximum Gasteiger partial charge on any atom is 0.307 e. The number of amides is 1. The second-order valence-electron chi connectivity index (χ2n) is 3.44. The van der Waals surface area contributed by atoms with Gasteiger partial charge in [0.25, 0.3) is 5.91 Å². The van der Waals surface area contributed by atoms with Crippen molar-refractivity contribution in [2.75, 3.05) is 24.6 Å². The number of hydrogen-bond acceptors (Lipinski definition) is 7. The van der Waals surface area contributed by atoms with Gasteiger partial charge in [-0.05, 0) is 6.92 Å². The molecule has 5 N–H and O–H groups in total. The lowest BCUT2D eigenvalue weighted by Gasteiger charge is -2.07. The molecule has 0 saturated carbocycles. The molecule has 0 fully saturated rings. The Morgan fingerprint density at radius 1 is 1.32 bits per heavy atom. The Kier molecular flexibility index (Phi) is 5.31. The van der Waals surface area contributed by atoms with Crippen LogP contribution in [0.5, 0.6) is 0 Å². The summed E-state index contributed by atoms with van der Waals surface area (Å²) in [7, 11) is 0. The SMILES string of the molecule is CCOC(=O)CCNC(=O)c1nc(Cl)c(N)nc1N. The van der Waals surface area contributed by atoms with Gasteiger partial charge < -0.3 is 21.5 Å². The highest BCUT2D eigenvalue weighted by atomic mass is 35.5. The van der Waals surface area contributed by atoms with Gasteiger partial charge in [-0.1, -0.05) is 11.6 Å². The van der Waals surface area contributed by atoms with Gasteiger partial charge in [0, 0.05) is 6.54 Å². The zero-order valence-electron chi connectivity index (χ0n) is 10.3. The maximum atomic E-state index is 11.7. The number of aromatic nitrogens is 2. The molecule has 0 aliphatic rings. The van der Waals surface area contributed by atoms with Crippen molar-refractivity contribution in [2.24, 2.45) is 0 Å². The molecule has 8 nitrogen and oxygen atoms in total. The fraction of sp³-hybridized carbons (Fsp3) is 0.400. The molecule has 0 atom stereocenters. The van der Waals surface area contributed by atoms with E-state index in [0.29, 0.717) is 6.61 Å². The van der Waals surface area contributed by atoms with Gasteiger partial charge in [0.1, 0.15) is 0 Å². The van der Waals surface area contributed by atoms with Crippen molar-refractivity contribution in [3.8, 4) is 0 Å². The summed E-state index contributed by atoms with van der Waals surface area (Å²) in [4.78, 5) is 30.2. The molecule has 0 unspecified atom stereocenters. The van der Waals surface area contributed by atoms with Gasteiger partial charge in [-0.15, -0.1) is 0 Å². The highest BCUT2D eigenvalue weighted by molar-refractivity contribution is 6.31. The molecule has 1 amide bonds. The summed E-state index contributed by atoms with van der Waals surface area (Å²) in [5.74, 6) is -1.17. The van der Waals surface area contributed by atoms with Crippen molar-refractivity contribution in [1.29, 1.82) is 0 Å². The highest BCUT2D eigenvalue weighted by Crippen LogP contribution is 2.17. The summed E-state index contributed by atoms with van der Waals surface area (Å²) in [6.45, 7) is 2.09. The lowest BCUT2D eigenvalue weighted by Crippen LogP contribution is -2.28. The van der Waals surface area contributed by atoms with E-state index in [-0.39, 0.29) is 35.4 Å². The molecule has 0 aromatic carbocycles.